The molecule has 0 saturated carbocycles. The van der Waals surface area contributed by atoms with Crippen molar-refractivity contribution >= 4 is 5.91 Å². The quantitative estimate of drug-likeness (QED) is 0.603. The molecule has 1 rings (SSSR count). The Morgan fingerprint density at radius 2 is 1.44 bits per heavy atom. The fourth-order valence-corrected chi connectivity index (χ4v) is 1.59. The van der Waals surface area contributed by atoms with Crippen molar-refractivity contribution in [3.05, 3.63) is 0 Å². The molecule has 0 unspecified atom stereocenters. The maximum absolute atomic E-state index is 12.2. The molecule has 2 nitrogen and oxygen atoms in total. The van der Waals surface area contributed by atoms with E-state index in [1.165, 1.54) is 0 Å². The summed E-state index contributed by atoms with van der Waals surface area (Å²) in [7, 11) is 0. The summed E-state index contributed by atoms with van der Waals surface area (Å²) in [5.41, 5.74) is 0. The molecule has 8 heteroatoms. The van der Waals surface area contributed by atoms with Gasteiger partial charge in [0.25, 0.3) is 0 Å². The topological polar surface area (TPSA) is 20.3 Å². The first kappa shape index (κ1) is 13.1. The zero-order valence-electron chi connectivity index (χ0n) is 8.03. The van der Waals surface area contributed by atoms with Gasteiger partial charge in [0, 0.05) is 13.1 Å². The summed E-state index contributed by atoms with van der Waals surface area (Å²) in [4.78, 5) is 11.1. The smallest absolute Gasteiger partial charge is 0.335 e. The predicted molar refractivity (Wildman–Crippen MR) is 41.4 cm³/mol. The zero-order valence-corrected chi connectivity index (χ0v) is 8.03. The molecule has 1 saturated heterocycles. The zero-order chi connectivity index (χ0) is 12.6. The number of likely N-dealkylation sites (tertiary alicyclic amines) is 1. The molecule has 0 spiro atoms. The first-order valence-corrected chi connectivity index (χ1v) is 4.55. The first-order chi connectivity index (χ1) is 7.12. The van der Waals surface area contributed by atoms with Gasteiger partial charge in [-0.3, -0.25) is 4.79 Å². The van der Waals surface area contributed by atoms with Crippen LogP contribution >= 0.6 is 0 Å². The van der Waals surface area contributed by atoms with Crippen LogP contribution < -0.4 is 0 Å². The highest BCUT2D eigenvalue weighted by atomic mass is 19.4. The Morgan fingerprint density at radius 1 is 1.00 bits per heavy atom. The molecule has 0 aromatic rings. The summed E-state index contributed by atoms with van der Waals surface area (Å²) >= 11 is 0. The maximum atomic E-state index is 12.2. The van der Waals surface area contributed by atoms with Gasteiger partial charge < -0.3 is 4.90 Å². The van der Waals surface area contributed by atoms with Gasteiger partial charge in [0.05, 0.1) is 5.92 Å². The number of hydrogen-bond donors (Lipinski definition) is 0. The van der Waals surface area contributed by atoms with Crippen LogP contribution in [0.3, 0.4) is 0 Å². The van der Waals surface area contributed by atoms with E-state index in [9.17, 15) is 31.1 Å². The second-order valence-corrected chi connectivity index (χ2v) is 3.61. The van der Waals surface area contributed by atoms with E-state index in [-0.39, 0.29) is 0 Å². The highest BCUT2D eigenvalue weighted by Gasteiger charge is 2.46. The van der Waals surface area contributed by atoms with E-state index in [1.54, 1.807) is 0 Å². The van der Waals surface area contributed by atoms with Crippen molar-refractivity contribution < 1.29 is 31.1 Å². The second-order valence-electron chi connectivity index (χ2n) is 3.61. The predicted octanol–water partition coefficient (Wildman–Crippen LogP) is 2.35. The van der Waals surface area contributed by atoms with Crippen LogP contribution in [0.1, 0.15) is 12.8 Å². The summed E-state index contributed by atoms with van der Waals surface area (Å²) < 4.78 is 72.4. The Hall–Kier alpha value is -0.950. The number of amides is 1. The summed E-state index contributed by atoms with van der Waals surface area (Å²) in [6.07, 6.45) is -10.3. The lowest BCUT2D eigenvalue weighted by atomic mass is 9.96. The molecule has 0 N–H and O–H groups in total. The third-order valence-corrected chi connectivity index (χ3v) is 2.49. The highest BCUT2D eigenvalue weighted by molar-refractivity contribution is 5.81. The number of alkyl halides is 6. The van der Waals surface area contributed by atoms with Gasteiger partial charge in [0.2, 0.25) is 0 Å². The third kappa shape index (κ3) is 3.02. The molecule has 0 radical (unpaired) electrons. The number of carbonyl (C=O) groups excluding carboxylic acids is 1. The van der Waals surface area contributed by atoms with E-state index >= 15 is 0 Å². The van der Waals surface area contributed by atoms with Gasteiger partial charge >= 0.3 is 18.3 Å². The Balaban J connectivity index is 2.53. The van der Waals surface area contributed by atoms with Gasteiger partial charge in [0.15, 0.2) is 0 Å². The molecule has 94 valence electrons. The van der Waals surface area contributed by atoms with Crippen molar-refractivity contribution in [3.63, 3.8) is 0 Å². The summed E-state index contributed by atoms with van der Waals surface area (Å²) in [6.45, 7) is -0.995. The van der Waals surface area contributed by atoms with Gasteiger partial charge in [-0.2, -0.15) is 26.3 Å². The Labute approximate surface area is 87.2 Å². The van der Waals surface area contributed by atoms with Gasteiger partial charge in [-0.1, -0.05) is 0 Å². The van der Waals surface area contributed by atoms with Gasteiger partial charge in [-0.05, 0) is 12.8 Å². The number of carbonyl (C=O) groups is 1. The lowest BCUT2D eigenvalue weighted by Gasteiger charge is -2.33. The standard InChI is InChI=1S/C8H9F6NO/c9-7(10,11)5-1-3-15(4-2-5)6(16)8(12,13)14/h5H,1-4H2. The number of halogens is 6. The van der Waals surface area contributed by atoms with Crippen LogP contribution in [0.15, 0.2) is 0 Å². The first-order valence-electron chi connectivity index (χ1n) is 4.55. The largest absolute Gasteiger partial charge is 0.471 e. The molecule has 0 aromatic heterocycles. The van der Waals surface area contributed by atoms with Crippen LogP contribution in [-0.4, -0.2) is 36.2 Å². The van der Waals surface area contributed by atoms with Crippen LogP contribution in [0.2, 0.25) is 0 Å². The fraction of sp³-hybridized carbons (Fsp3) is 0.875. The van der Waals surface area contributed by atoms with Crippen LogP contribution in [-0.2, 0) is 4.79 Å². The number of piperidine rings is 1. The Kier molecular flexibility index (Phi) is 3.39. The lowest BCUT2D eigenvalue weighted by molar-refractivity contribution is -0.199. The van der Waals surface area contributed by atoms with Crippen molar-refractivity contribution in [1.29, 1.82) is 0 Å². The summed E-state index contributed by atoms with van der Waals surface area (Å²) in [6, 6.07) is 0. The molecule has 0 aliphatic carbocycles. The molecule has 1 aliphatic rings. The molecule has 0 atom stereocenters. The summed E-state index contributed by atoms with van der Waals surface area (Å²) in [5, 5.41) is 0. The Morgan fingerprint density at radius 3 is 1.75 bits per heavy atom. The Bertz CT molecular complexity index is 263. The number of rotatable bonds is 0. The molecular formula is C8H9F6NO. The summed E-state index contributed by atoms with van der Waals surface area (Å²) in [5.74, 6) is -3.67. The van der Waals surface area contributed by atoms with Crippen molar-refractivity contribution in [2.75, 3.05) is 13.1 Å². The van der Waals surface area contributed by atoms with E-state index in [4.69, 9.17) is 0 Å². The second kappa shape index (κ2) is 4.14. The van der Waals surface area contributed by atoms with E-state index in [2.05, 4.69) is 0 Å². The highest BCUT2D eigenvalue weighted by Crippen LogP contribution is 2.34. The molecule has 0 aromatic carbocycles. The lowest BCUT2D eigenvalue weighted by Crippen LogP contribution is -2.47. The number of nitrogens with zero attached hydrogens (tertiary/aromatic N) is 1. The van der Waals surface area contributed by atoms with Crippen LogP contribution in [0.25, 0.3) is 0 Å². The maximum Gasteiger partial charge on any atom is 0.471 e. The minimum absolute atomic E-state index is 0.419. The average molecular weight is 249 g/mol. The van der Waals surface area contributed by atoms with Crippen molar-refractivity contribution in [1.82, 2.24) is 4.90 Å². The van der Waals surface area contributed by atoms with Crippen LogP contribution in [0.5, 0.6) is 0 Å². The molecule has 0 bridgehead atoms. The van der Waals surface area contributed by atoms with Crippen LogP contribution in [0.4, 0.5) is 26.3 Å². The minimum Gasteiger partial charge on any atom is -0.335 e. The van der Waals surface area contributed by atoms with Gasteiger partial charge in [0.1, 0.15) is 0 Å². The van der Waals surface area contributed by atoms with Gasteiger partial charge in [-0.25, -0.2) is 0 Å². The molecule has 1 aliphatic heterocycles. The van der Waals surface area contributed by atoms with Crippen LogP contribution in [0, 0.1) is 5.92 Å². The molecule has 1 amide bonds. The van der Waals surface area contributed by atoms with Crippen molar-refractivity contribution in [2.45, 2.75) is 25.2 Å². The third-order valence-electron chi connectivity index (χ3n) is 2.49. The van der Waals surface area contributed by atoms with E-state index < -0.39 is 50.1 Å². The minimum atomic E-state index is -5.01. The molecule has 1 fully saturated rings. The average Bonchev–Trinajstić information content (AvgIpc) is 2.14. The van der Waals surface area contributed by atoms with E-state index in [1.807, 2.05) is 0 Å². The van der Waals surface area contributed by atoms with Crippen molar-refractivity contribution in [3.8, 4) is 0 Å². The van der Waals surface area contributed by atoms with E-state index in [0.29, 0.717) is 4.90 Å². The van der Waals surface area contributed by atoms with E-state index in [0.717, 1.165) is 0 Å². The fourth-order valence-electron chi connectivity index (χ4n) is 1.59. The SMILES string of the molecule is O=C(N1CCC(C(F)(F)F)CC1)C(F)(F)F. The molecule has 16 heavy (non-hydrogen) atoms. The molecular weight excluding hydrogens is 240 g/mol. The number of hydrogen-bond acceptors (Lipinski definition) is 1. The monoisotopic (exact) mass is 249 g/mol. The van der Waals surface area contributed by atoms with Crippen molar-refractivity contribution in [2.24, 2.45) is 5.92 Å². The normalized spacial score (nSPS) is 20.0. The molecule has 1 heterocycles. The van der Waals surface area contributed by atoms with Gasteiger partial charge in [-0.15, -0.1) is 0 Å².